The Bertz CT molecular complexity index is 1650. The van der Waals surface area contributed by atoms with E-state index in [0.717, 1.165) is 22.0 Å². The Morgan fingerprint density at radius 3 is 2.38 bits per heavy atom. The van der Waals surface area contributed by atoms with Gasteiger partial charge in [0.1, 0.15) is 5.54 Å². The molecule has 2 saturated heterocycles. The molecule has 3 heterocycles. The number of imide groups is 1. The number of fused-ring (bicyclic) bond motifs is 1. The van der Waals surface area contributed by atoms with Gasteiger partial charge in [-0.3, -0.25) is 9.69 Å². The molecule has 9 heteroatoms. The van der Waals surface area contributed by atoms with Crippen LogP contribution < -0.4 is 4.90 Å². The fourth-order valence-corrected chi connectivity index (χ4v) is 6.72. The molecule has 2 unspecified atom stereocenters. The predicted octanol–water partition coefficient (Wildman–Crippen LogP) is 5.79. The van der Waals surface area contributed by atoms with E-state index >= 15 is 0 Å². The molecule has 2 atom stereocenters. The van der Waals surface area contributed by atoms with Gasteiger partial charge in [-0.15, -0.1) is 0 Å². The molecule has 4 aromatic rings. The monoisotopic (exact) mass is 557 g/mol. The first-order chi connectivity index (χ1) is 18.7. The number of likely N-dealkylation sites (tertiary alicyclic amines) is 1. The van der Waals surface area contributed by atoms with Crippen molar-refractivity contribution in [1.82, 2.24) is 14.4 Å². The SMILES string of the molecule is CN1C(=O)N(c2cc(Cl)cc(Cl)c2)C(=O)C12CN(Cc1cn(C)c3ccccc13)CC2c1ccc(C#N)cc1. The molecule has 0 saturated carbocycles. The van der Waals surface area contributed by atoms with E-state index in [0.29, 0.717) is 40.9 Å². The molecule has 3 aromatic carbocycles. The number of benzene rings is 3. The average Bonchev–Trinajstić information content (AvgIpc) is 3.51. The van der Waals surface area contributed by atoms with E-state index in [2.05, 4.69) is 33.9 Å². The summed E-state index contributed by atoms with van der Waals surface area (Å²) in [6.07, 6.45) is 2.12. The van der Waals surface area contributed by atoms with Crippen molar-refractivity contribution in [2.45, 2.75) is 18.0 Å². The summed E-state index contributed by atoms with van der Waals surface area (Å²) in [7, 11) is 3.71. The Morgan fingerprint density at radius 2 is 1.69 bits per heavy atom. The number of para-hydroxylation sites is 1. The highest BCUT2D eigenvalue weighted by atomic mass is 35.5. The van der Waals surface area contributed by atoms with Gasteiger partial charge in [0.05, 0.1) is 17.3 Å². The van der Waals surface area contributed by atoms with Crippen LogP contribution in [0.5, 0.6) is 0 Å². The fourth-order valence-electron chi connectivity index (χ4n) is 6.21. The van der Waals surface area contributed by atoms with Gasteiger partial charge in [-0.2, -0.15) is 5.26 Å². The number of aromatic nitrogens is 1. The van der Waals surface area contributed by atoms with Crippen LogP contribution >= 0.6 is 23.2 Å². The summed E-state index contributed by atoms with van der Waals surface area (Å²) in [5.41, 5.74) is 2.92. The average molecular weight is 558 g/mol. The van der Waals surface area contributed by atoms with Crippen LogP contribution in [0.1, 0.15) is 22.6 Å². The third kappa shape index (κ3) is 3.99. The minimum atomic E-state index is -1.15. The van der Waals surface area contributed by atoms with Gasteiger partial charge in [-0.1, -0.05) is 53.5 Å². The predicted molar refractivity (Wildman–Crippen MR) is 152 cm³/mol. The zero-order valence-electron chi connectivity index (χ0n) is 21.4. The molecule has 2 aliphatic heterocycles. The topological polar surface area (TPSA) is 72.6 Å². The third-order valence-corrected chi connectivity index (χ3v) is 8.49. The van der Waals surface area contributed by atoms with Gasteiger partial charge in [0.25, 0.3) is 5.91 Å². The molecule has 0 radical (unpaired) electrons. The number of amides is 3. The molecule has 39 heavy (non-hydrogen) atoms. The Balaban J connectivity index is 1.43. The van der Waals surface area contributed by atoms with Gasteiger partial charge in [-0.05, 0) is 47.5 Å². The quantitative estimate of drug-likeness (QED) is 0.297. The van der Waals surface area contributed by atoms with E-state index < -0.39 is 11.6 Å². The normalized spacial score (nSPS) is 21.5. The van der Waals surface area contributed by atoms with Crippen molar-refractivity contribution in [3.05, 3.63) is 99.7 Å². The van der Waals surface area contributed by atoms with Crippen molar-refractivity contribution in [1.29, 1.82) is 5.26 Å². The first-order valence-corrected chi connectivity index (χ1v) is 13.3. The number of carbonyl (C=O) groups is 2. The number of hydrogen-bond donors (Lipinski definition) is 0. The number of nitrogens with zero attached hydrogens (tertiary/aromatic N) is 5. The zero-order chi connectivity index (χ0) is 27.5. The third-order valence-electron chi connectivity index (χ3n) is 8.05. The number of likely N-dealkylation sites (N-methyl/N-ethyl adjacent to an activating group) is 1. The summed E-state index contributed by atoms with van der Waals surface area (Å²) in [6, 6.07) is 22.0. The molecule has 196 valence electrons. The highest BCUT2D eigenvalue weighted by Crippen LogP contribution is 2.47. The van der Waals surface area contributed by atoms with E-state index in [1.807, 2.05) is 31.3 Å². The molecular formula is C30H25Cl2N5O2. The fraction of sp³-hybridized carbons (Fsp3) is 0.233. The minimum Gasteiger partial charge on any atom is -0.350 e. The number of hydrogen-bond acceptors (Lipinski definition) is 4. The minimum absolute atomic E-state index is 0.317. The summed E-state index contributed by atoms with van der Waals surface area (Å²) >= 11 is 12.5. The number of carbonyl (C=O) groups excluding carboxylic acids is 2. The highest BCUT2D eigenvalue weighted by molar-refractivity contribution is 6.35. The molecule has 0 bridgehead atoms. The van der Waals surface area contributed by atoms with Crippen LogP contribution in [0.2, 0.25) is 10.0 Å². The van der Waals surface area contributed by atoms with E-state index in [-0.39, 0.29) is 11.8 Å². The maximum absolute atomic E-state index is 14.4. The van der Waals surface area contributed by atoms with Gasteiger partial charge >= 0.3 is 6.03 Å². The molecular weight excluding hydrogens is 533 g/mol. The van der Waals surface area contributed by atoms with Crippen molar-refractivity contribution in [3.63, 3.8) is 0 Å². The Labute approximate surface area is 236 Å². The molecule has 7 nitrogen and oxygen atoms in total. The number of anilines is 1. The lowest BCUT2D eigenvalue weighted by Gasteiger charge is -2.34. The summed E-state index contributed by atoms with van der Waals surface area (Å²) in [5.74, 6) is -0.635. The summed E-state index contributed by atoms with van der Waals surface area (Å²) in [5, 5.41) is 11.2. The lowest BCUT2D eigenvalue weighted by atomic mass is 9.80. The number of urea groups is 1. The van der Waals surface area contributed by atoms with E-state index in [9.17, 15) is 14.9 Å². The van der Waals surface area contributed by atoms with Crippen molar-refractivity contribution >= 4 is 51.7 Å². The van der Waals surface area contributed by atoms with Crippen LogP contribution in [-0.4, -0.2) is 52.0 Å². The molecule has 6 rings (SSSR count). The standard InChI is InChI=1S/C30H25Cl2N5O2/c1-34-15-21(25-5-3-4-6-27(25)34)16-36-17-26(20-9-7-19(14-33)8-10-20)30(18-36)28(38)37(29(39)35(30)2)24-12-22(31)11-23(32)13-24/h3-13,15,26H,16-18H2,1-2H3. The molecule has 1 aromatic heterocycles. The maximum atomic E-state index is 14.4. The summed E-state index contributed by atoms with van der Waals surface area (Å²) in [4.78, 5) is 33.1. The van der Waals surface area contributed by atoms with Crippen LogP contribution in [0.25, 0.3) is 10.9 Å². The Hall–Kier alpha value is -3.83. The van der Waals surface area contributed by atoms with Crippen LogP contribution in [0.3, 0.4) is 0 Å². The number of rotatable bonds is 4. The van der Waals surface area contributed by atoms with Gasteiger partial charge in [0.2, 0.25) is 0 Å². The van der Waals surface area contributed by atoms with E-state index in [4.69, 9.17) is 23.2 Å². The van der Waals surface area contributed by atoms with Crippen LogP contribution in [0, 0.1) is 11.3 Å². The molecule has 2 fully saturated rings. The Kier molecular flexibility index (Phi) is 6.15. The number of halogens is 2. The smallest absolute Gasteiger partial charge is 0.332 e. The van der Waals surface area contributed by atoms with Crippen molar-refractivity contribution in [2.75, 3.05) is 25.0 Å². The van der Waals surface area contributed by atoms with E-state index in [1.54, 1.807) is 42.3 Å². The van der Waals surface area contributed by atoms with Crippen molar-refractivity contribution in [3.8, 4) is 6.07 Å². The van der Waals surface area contributed by atoms with Gasteiger partial charge in [0, 0.05) is 66.8 Å². The van der Waals surface area contributed by atoms with Crippen LogP contribution in [0.4, 0.5) is 10.5 Å². The first kappa shape index (κ1) is 25.4. The van der Waals surface area contributed by atoms with Crippen molar-refractivity contribution < 1.29 is 9.59 Å². The van der Waals surface area contributed by atoms with E-state index in [1.165, 1.54) is 4.90 Å². The molecule has 0 aliphatic carbocycles. The lowest BCUT2D eigenvalue weighted by Crippen LogP contribution is -2.53. The second-order valence-corrected chi connectivity index (χ2v) is 11.1. The second-order valence-electron chi connectivity index (χ2n) is 10.3. The largest absolute Gasteiger partial charge is 0.350 e. The van der Waals surface area contributed by atoms with Gasteiger partial charge < -0.3 is 9.47 Å². The van der Waals surface area contributed by atoms with Gasteiger partial charge in [-0.25, -0.2) is 9.69 Å². The van der Waals surface area contributed by atoms with Crippen LogP contribution in [0.15, 0.2) is 72.9 Å². The van der Waals surface area contributed by atoms with Gasteiger partial charge in [0.15, 0.2) is 0 Å². The first-order valence-electron chi connectivity index (χ1n) is 12.6. The zero-order valence-corrected chi connectivity index (χ0v) is 22.9. The number of nitriles is 1. The second kappa shape index (κ2) is 9.42. The summed E-state index contributed by atoms with van der Waals surface area (Å²) < 4.78 is 2.11. The van der Waals surface area contributed by atoms with Crippen molar-refractivity contribution in [2.24, 2.45) is 7.05 Å². The number of aryl methyl sites for hydroxylation is 1. The summed E-state index contributed by atoms with van der Waals surface area (Å²) in [6.45, 7) is 1.53. The molecule has 1 spiro atoms. The van der Waals surface area contributed by atoms with Crippen LogP contribution in [-0.2, 0) is 18.4 Å². The molecule has 3 amide bonds. The lowest BCUT2D eigenvalue weighted by molar-refractivity contribution is -0.124. The Morgan fingerprint density at radius 1 is 1.00 bits per heavy atom. The maximum Gasteiger partial charge on any atom is 0.332 e. The molecule has 0 N–H and O–H groups in total. The highest BCUT2D eigenvalue weighted by Gasteiger charge is 2.64. The molecule has 2 aliphatic rings.